The third-order valence-corrected chi connectivity index (χ3v) is 3.78. The van der Waals surface area contributed by atoms with Crippen molar-refractivity contribution in [3.63, 3.8) is 0 Å². The maximum Gasteiger partial charge on any atom is 0.159 e. The van der Waals surface area contributed by atoms with Gasteiger partial charge in [0.25, 0.3) is 0 Å². The normalized spacial score (nSPS) is 13.6. The Morgan fingerprint density at radius 1 is 1.17 bits per heavy atom. The molecule has 0 aliphatic carbocycles. The second-order valence-electron chi connectivity index (χ2n) is 4.13. The summed E-state index contributed by atoms with van der Waals surface area (Å²) in [5.41, 5.74) is 5.23. The van der Waals surface area contributed by atoms with Crippen LogP contribution in [0.3, 0.4) is 0 Å². The lowest BCUT2D eigenvalue weighted by Gasteiger charge is -2.18. The van der Waals surface area contributed by atoms with Crippen LogP contribution in [0, 0.1) is 0 Å². The fraction of sp³-hybridized carbons (Fsp3) is 0.167. The summed E-state index contributed by atoms with van der Waals surface area (Å²) in [5, 5.41) is 0. The minimum Gasteiger partial charge on any atom is -0.347 e. The molecule has 1 aliphatic heterocycles. The third-order valence-electron chi connectivity index (χ3n) is 3.05. The van der Waals surface area contributed by atoms with Crippen LogP contribution in [0.4, 0.5) is 11.6 Å². The topological polar surface area (TPSA) is 67.1 Å². The van der Waals surface area contributed by atoms with Crippen molar-refractivity contribution in [2.24, 2.45) is 5.84 Å². The van der Waals surface area contributed by atoms with Gasteiger partial charge < -0.3 is 10.3 Å². The summed E-state index contributed by atoms with van der Waals surface area (Å²) in [7, 11) is 0. The van der Waals surface area contributed by atoms with Gasteiger partial charge in [0.1, 0.15) is 16.6 Å². The molecular weight excluding hydrogens is 294 g/mol. The van der Waals surface area contributed by atoms with Gasteiger partial charge in [0.2, 0.25) is 0 Å². The Kier molecular flexibility index (Phi) is 2.89. The van der Waals surface area contributed by atoms with Crippen LogP contribution in [0.5, 0.6) is 0 Å². The fourth-order valence-corrected chi connectivity index (χ4v) is 2.73. The maximum atomic E-state index is 5.41. The summed E-state index contributed by atoms with van der Waals surface area (Å²) in [5.74, 6) is 6.86. The molecule has 0 saturated heterocycles. The lowest BCUT2D eigenvalue weighted by Crippen LogP contribution is -2.18. The minimum atomic E-state index is 0.593. The molecule has 2 heterocycles. The molecule has 5 nitrogen and oxygen atoms in total. The van der Waals surface area contributed by atoms with Crippen LogP contribution < -0.4 is 16.2 Å². The molecule has 0 saturated carbocycles. The zero-order valence-electron chi connectivity index (χ0n) is 9.60. The highest BCUT2D eigenvalue weighted by Gasteiger charge is 2.22. The quantitative estimate of drug-likeness (QED) is 0.656. The number of nitrogens with one attached hydrogen (secondary N) is 1. The van der Waals surface area contributed by atoms with Crippen molar-refractivity contribution < 1.29 is 0 Å². The predicted molar refractivity (Wildman–Crippen MR) is 73.9 cm³/mol. The van der Waals surface area contributed by atoms with Crippen LogP contribution >= 0.6 is 15.9 Å². The van der Waals surface area contributed by atoms with Crippen LogP contribution in [0.2, 0.25) is 0 Å². The number of benzene rings is 1. The third kappa shape index (κ3) is 1.83. The average Bonchev–Trinajstić information content (AvgIpc) is 2.82. The lowest BCUT2D eigenvalue weighted by molar-refractivity contribution is 0.847. The van der Waals surface area contributed by atoms with Crippen LogP contribution in [0.15, 0.2) is 35.1 Å². The van der Waals surface area contributed by atoms with Gasteiger partial charge >= 0.3 is 0 Å². The van der Waals surface area contributed by atoms with Crippen molar-refractivity contribution in [2.45, 2.75) is 13.1 Å². The molecule has 2 aromatic rings. The number of nitrogens with zero attached hydrogens (tertiary/aromatic N) is 3. The first-order chi connectivity index (χ1) is 8.79. The Balaban J connectivity index is 1.95. The Bertz CT molecular complexity index is 561. The van der Waals surface area contributed by atoms with Crippen LogP contribution in [-0.4, -0.2) is 9.97 Å². The highest BCUT2D eigenvalue weighted by atomic mass is 79.9. The van der Waals surface area contributed by atoms with Crippen molar-refractivity contribution in [2.75, 3.05) is 10.3 Å². The van der Waals surface area contributed by atoms with Crippen molar-refractivity contribution in [3.8, 4) is 0 Å². The number of hydrogen-bond donors (Lipinski definition) is 2. The first-order valence-electron chi connectivity index (χ1n) is 5.58. The number of nitrogen functional groups attached to an aromatic ring is 1. The van der Waals surface area contributed by atoms with E-state index in [9.17, 15) is 0 Å². The molecule has 1 aromatic heterocycles. The first-order valence-corrected chi connectivity index (χ1v) is 6.37. The Hall–Kier alpha value is -1.66. The van der Waals surface area contributed by atoms with E-state index < -0.39 is 0 Å². The van der Waals surface area contributed by atoms with Gasteiger partial charge in [-0.25, -0.2) is 15.8 Å². The first kappa shape index (κ1) is 11.4. The molecule has 1 aromatic carbocycles. The minimum absolute atomic E-state index is 0.593. The number of fused-ring (bicyclic) bond motifs is 1. The Morgan fingerprint density at radius 2 is 1.83 bits per heavy atom. The van der Waals surface area contributed by atoms with Gasteiger partial charge in [-0.15, -0.1) is 0 Å². The van der Waals surface area contributed by atoms with Gasteiger partial charge in [-0.3, -0.25) is 0 Å². The van der Waals surface area contributed by atoms with E-state index in [2.05, 4.69) is 60.5 Å². The molecule has 0 spiro atoms. The number of halogens is 1. The number of nitrogens with two attached hydrogens (primary N) is 1. The van der Waals surface area contributed by atoms with Gasteiger partial charge in [-0.2, -0.15) is 0 Å². The fourth-order valence-electron chi connectivity index (χ4n) is 2.16. The summed E-state index contributed by atoms with van der Waals surface area (Å²) in [6.07, 6.45) is 1.51. The van der Waals surface area contributed by atoms with E-state index >= 15 is 0 Å². The highest BCUT2D eigenvalue weighted by Crippen LogP contribution is 2.34. The lowest BCUT2D eigenvalue weighted by atomic mass is 10.1. The number of rotatable bonds is 2. The van der Waals surface area contributed by atoms with Crippen molar-refractivity contribution in [1.29, 1.82) is 0 Å². The van der Waals surface area contributed by atoms with Crippen LogP contribution in [-0.2, 0) is 13.1 Å². The highest BCUT2D eigenvalue weighted by molar-refractivity contribution is 9.10. The van der Waals surface area contributed by atoms with Gasteiger partial charge in [0, 0.05) is 13.1 Å². The van der Waals surface area contributed by atoms with Crippen molar-refractivity contribution in [1.82, 2.24) is 9.97 Å². The largest absolute Gasteiger partial charge is 0.347 e. The molecule has 3 rings (SSSR count). The van der Waals surface area contributed by atoms with E-state index in [4.69, 9.17) is 5.84 Å². The standard InChI is InChI=1S/C12H12BrN5/c13-10-11(17-14)15-7-16-12(10)18-5-8-3-1-2-4-9(8)6-18/h1-4,7H,5-6,14H2,(H,15,16,17). The van der Waals surface area contributed by atoms with Crippen LogP contribution in [0.1, 0.15) is 11.1 Å². The Morgan fingerprint density at radius 3 is 2.44 bits per heavy atom. The molecule has 18 heavy (non-hydrogen) atoms. The molecule has 0 bridgehead atoms. The number of anilines is 2. The number of hydrogen-bond acceptors (Lipinski definition) is 5. The SMILES string of the molecule is NNc1ncnc(N2Cc3ccccc3C2)c1Br. The number of aromatic nitrogens is 2. The van der Waals surface area contributed by atoms with Crippen molar-refractivity contribution in [3.05, 3.63) is 46.2 Å². The zero-order chi connectivity index (χ0) is 12.5. The molecule has 0 atom stereocenters. The van der Waals surface area contributed by atoms with E-state index in [0.717, 1.165) is 23.4 Å². The summed E-state index contributed by atoms with van der Waals surface area (Å²) in [4.78, 5) is 10.6. The van der Waals surface area contributed by atoms with Crippen LogP contribution in [0.25, 0.3) is 0 Å². The van der Waals surface area contributed by atoms with E-state index in [1.807, 2.05) is 0 Å². The van der Waals surface area contributed by atoms with Gasteiger partial charge in [-0.05, 0) is 27.1 Å². The van der Waals surface area contributed by atoms with Crippen molar-refractivity contribution >= 4 is 27.6 Å². The van der Waals surface area contributed by atoms with E-state index in [-0.39, 0.29) is 0 Å². The molecule has 0 fully saturated rings. The Labute approximate surface area is 113 Å². The van der Waals surface area contributed by atoms with E-state index in [0.29, 0.717) is 5.82 Å². The van der Waals surface area contributed by atoms with Gasteiger partial charge in [0.15, 0.2) is 5.82 Å². The summed E-state index contributed by atoms with van der Waals surface area (Å²) in [6.45, 7) is 1.71. The molecule has 0 unspecified atom stereocenters. The molecule has 6 heteroatoms. The van der Waals surface area contributed by atoms with Gasteiger partial charge in [-0.1, -0.05) is 24.3 Å². The molecule has 1 aliphatic rings. The molecule has 0 radical (unpaired) electrons. The summed E-state index contributed by atoms with van der Waals surface area (Å²) in [6, 6.07) is 8.41. The smallest absolute Gasteiger partial charge is 0.159 e. The van der Waals surface area contributed by atoms with E-state index in [1.165, 1.54) is 17.5 Å². The average molecular weight is 306 g/mol. The molecule has 3 N–H and O–H groups in total. The summed E-state index contributed by atoms with van der Waals surface area (Å²) < 4.78 is 0.792. The molecular formula is C12H12BrN5. The summed E-state index contributed by atoms with van der Waals surface area (Å²) >= 11 is 3.49. The molecule has 0 amide bonds. The zero-order valence-corrected chi connectivity index (χ0v) is 11.2. The second kappa shape index (κ2) is 4.55. The van der Waals surface area contributed by atoms with E-state index in [1.54, 1.807) is 0 Å². The maximum absolute atomic E-state index is 5.41. The molecule has 92 valence electrons. The second-order valence-corrected chi connectivity index (χ2v) is 4.92. The van der Waals surface area contributed by atoms with Gasteiger partial charge in [0.05, 0.1) is 0 Å². The monoisotopic (exact) mass is 305 g/mol. The number of hydrazine groups is 1. The predicted octanol–water partition coefficient (Wildman–Crippen LogP) is 2.04.